The van der Waals surface area contributed by atoms with Gasteiger partial charge in [-0.05, 0) is 38.4 Å². The first-order chi connectivity index (χ1) is 14.7. The maximum atomic E-state index is 13.1. The first-order valence-electron chi connectivity index (χ1n) is 9.19. The van der Waals surface area contributed by atoms with Crippen LogP contribution in [-0.2, 0) is 0 Å². The van der Waals surface area contributed by atoms with Crippen LogP contribution in [0, 0.1) is 0 Å². The number of carbonyl (C=O) groups excluding carboxylic acids is 1. The fourth-order valence-corrected chi connectivity index (χ4v) is 3.74. The standard InChI is InChI=1S/C20H21F3N4O3S/c1-26(2)10-11-27(18(28)24-14-6-4-5-7-16(14)29-3)19-25-15-9-8-13(12-17(15)31-19)30-20(21,22)23/h4-9,12H,10-11H2,1-3H3,(H,24,28). The van der Waals surface area contributed by atoms with E-state index in [2.05, 4.69) is 15.0 Å². The Hall–Kier alpha value is -3.05. The minimum atomic E-state index is -4.78. The average molecular weight is 454 g/mol. The zero-order valence-corrected chi connectivity index (χ0v) is 17.9. The minimum Gasteiger partial charge on any atom is -0.495 e. The van der Waals surface area contributed by atoms with Crippen LogP contribution in [0.5, 0.6) is 11.5 Å². The molecule has 1 N–H and O–H groups in total. The molecule has 2 amide bonds. The molecule has 0 aliphatic rings. The summed E-state index contributed by atoms with van der Waals surface area (Å²) in [6.45, 7) is 0.872. The highest BCUT2D eigenvalue weighted by molar-refractivity contribution is 7.22. The number of thiazole rings is 1. The second-order valence-electron chi connectivity index (χ2n) is 6.76. The molecule has 0 radical (unpaired) electrons. The summed E-state index contributed by atoms with van der Waals surface area (Å²) in [4.78, 5) is 20.8. The van der Waals surface area contributed by atoms with Crippen LogP contribution in [0.25, 0.3) is 10.2 Å². The van der Waals surface area contributed by atoms with E-state index < -0.39 is 12.4 Å². The van der Waals surface area contributed by atoms with E-state index in [1.165, 1.54) is 30.2 Å². The van der Waals surface area contributed by atoms with E-state index in [-0.39, 0.29) is 5.75 Å². The lowest BCUT2D eigenvalue weighted by atomic mass is 10.3. The van der Waals surface area contributed by atoms with Gasteiger partial charge in [0.2, 0.25) is 0 Å². The predicted molar refractivity (Wildman–Crippen MR) is 114 cm³/mol. The van der Waals surface area contributed by atoms with Gasteiger partial charge in [-0.1, -0.05) is 23.5 Å². The van der Waals surface area contributed by atoms with Crippen LogP contribution in [0.3, 0.4) is 0 Å². The highest BCUT2D eigenvalue weighted by Crippen LogP contribution is 2.34. The topological polar surface area (TPSA) is 66.9 Å². The normalized spacial score (nSPS) is 11.6. The number of methoxy groups -OCH3 is 1. The second kappa shape index (κ2) is 9.40. The smallest absolute Gasteiger partial charge is 0.495 e. The van der Waals surface area contributed by atoms with E-state index in [9.17, 15) is 18.0 Å². The fourth-order valence-electron chi connectivity index (χ4n) is 2.72. The number of anilines is 2. The first kappa shape index (κ1) is 22.6. The molecular formula is C20H21F3N4O3S. The lowest BCUT2D eigenvalue weighted by Gasteiger charge is -2.22. The maximum Gasteiger partial charge on any atom is 0.573 e. The molecule has 2 aromatic carbocycles. The summed E-state index contributed by atoms with van der Waals surface area (Å²) >= 11 is 1.10. The molecule has 0 unspecified atom stereocenters. The van der Waals surface area contributed by atoms with Crippen molar-refractivity contribution in [3.63, 3.8) is 0 Å². The van der Waals surface area contributed by atoms with Crippen molar-refractivity contribution in [1.29, 1.82) is 0 Å². The van der Waals surface area contributed by atoms with Crippen molar-refractivity contribution in [3.8, 4) is 11.5 Å². The molecule has 0 aliphatic carbocycles. The predicted octanol–water partition coefficient (Wildman–Crippen LogP) is 4.80. The number of nitrogens with zero attached hydrogens (tertiary/aromatic N) is 3. The third kappa shape index (κ3) is 5.98. The second-order valence-corrected chi connectivity index (χ2v) is 7.77. The Labute approximate surface area is 181 Å². The summed E-state index contributed by atoms with van der Waals surface area (Å²) in [6.07, 6.45) is -4.78. The molecule has 0 atom stereocenters. The Morgan fingerprint density at radius 1 is 1.16 bits per heavy atom. The number of para-hydroxylation sites is 2. The van der Waals surface area contributed by atoms with E-state index in [0.717, 1.165) is 11.3 Å². The van der Waals surface area contributed by atoms with Crippen LogP contribution in [-0.4, -0.2) is 56.6 Å². The molecule has 1 heterocycles. The summed E-state index contributed by atoms with van der Waals surface area (Å²) < 4.78 is 47.3. The molecule has 1 aromatic heterocycles. The van der Waals surface area contributed by atoms with Crippen LogP contribution in [0.4, 0.5) is 28.8 Å². The number of fused-ring (bicyclic) bond motifs is 1. The van der Waals surface area contributed by atoms with Crippen LogP contribution in [0.2, 0.25) is 0 Å². The molecule has 0 bridgehead atoms. The van der Waals surface area contributed by atoms with Gasteiger partial charge in [-0.25, -0.2) is 9.78 Å². The van der Waals surface area contributed by atoms with Crippen molar-refractivity contribution in [1.82, 2.24) is 9.88 Å². The Bertz CT molecular complexity index is 1060. The van der Waals surface area contributed by atoms with Gasteiger partial charge in [-0.15, -0.1) is 13.2 Å². The molecule has 31 heavy (non-hydrogen) atoms. The fraction of sp³-hybridized carbons (Fsp3) is 0.300. The molecule has 3 rings (SSSR count). The quantitative estimate of drug-likeness (QED) is 0.555. The highest BCUT2D eigenvalue weighted by Gasteiger charge is 2.31. The number of benzene rings is 2. The van der Waals surface area contributed by atoms with Gasteiger partial charge in [-0.3, -0.25) is 4.90 Å². The van der Waals surface area contributed by atoms with E-state index in [0.29, 0.717) is 39.9 Å². The number of aromatic nitrogens is 1. The number of halogens is 3. The number of urea groups is 1. The summed E-state index contributed by atoms with van der Waals surface area (Å²) in [5, 5.41) is 3.16. The van der Waals surface area contributed by atoms with Crippen molar-refractivity contribution < 1.29 is 27.4 Å². The number of rotatable bonds is 7. The number of alkyl halides is 3. The number of nitrogens with one attached hydrogen (secondary N) is 1. The third-order valence-electron chi connectivity index (χ3n) is 4.18. The summed E-state index contributed by atoms with van der Waals surface area (Å²) in [6, 6.07) is 10.4. The summed E-state index contributed by atoms with van der Waals surface area (Å²) in [5.41, 5.74) is 0.960. The minimum absolute atomic E-state index is 0.319. The number of hydrogen-bond donors (Lipinski definition) is 1. The molecule has 166 valence electrons. The molecule has 3 aromatic rings. The lowest BCUT2D eigenvalue weighted by molar-refractivity contribution is -0.274. The lowest BCUT2D eigenvalue weighted by Crippen LogP contribution is -2.39. The maximum absolute atomic E-state index is 13.1. The molecule has 0 aliphatic heterocycles. The van der Waals surface area contributed by atoms with E-state index in [1.807, 2.05) is 19.0 Å². The third-order valence-corrected chi connectivity index (χ3v) is 5.22. The molecule has 11 heteroatoms. The Morgan fingerprint density at radius 3 is 2.58 bits per heavy atom. The summed E-state index contributed by atoms with van der Waals surface area (Å²) in [5.74, 6) is 0.162. The largest absolute Gasteiger partial charge is 0.573 e. The van der Waals surface area contributed by atoms with Gasteiger partial charge in [0.1, 0.15) is 11.5 Å². The van der Waals surface area contributed by atoms with Crippen LogP contribution < -0.4 is 19.7 Å². The van der Waals surface area contributed by atoms with Gasteiger partial charge in [0, 0.05) is 19.2 Å². The van der Waals surface area contributed by atoms with Gasteiger partial charge in [0.15, 0.2) is 5.13 Å². The van der Waals surface area contributed by atoms with E-state index in [1.54, 1.807) is 24.3 Å². The summed E-state index contributed by atoms with van der Waals surface area (Å²) in [7, 11) is 5.24. The van der Waals surface area contributed by atoms with Gasteiger partial charge in [0.05, 0.1) is 23.0 Å². The number of amides is 2. The first-order valence-corrected chi connectivity index (χ1v) is 10.0. The van der Waals surface area contributed by atoms with Crippen molar-refractivity contribution in [3.05, 3.63) is 42.5 Å². The molecular weight excluding hydrogens is 433 g/mol. The van der Waals surface area contributed by atoms with Gasteiger partial charge < -0.3 is 19.7 Å². The van der Waals surface area contributed by atoms with Gasteiger partial charge >= 0.3 is 12.4 Å². The molecule has 0 saturated carbocycles. The zero-order valence-electron chi connectivity index (χ0n) is 17.1. The van der Waals surface area contributed by atoms with Crippen LogP contribution in [0.1, 0.15) is 0 Å². The molecule has 0 saturated heterocycles. The molecule has 0 spiro atoms. The molecule has 7 nitrogen and oxygen atoms in total. The Morgan fingerprint density at radius 2 is 1.90 bits per heavy atom. The van der Waals surface area contributed by atoms with Crippen molar-refractivity contribution in [2.45, 2.75) is 6.36 Å². The average Bonchev–Trinajstić information content (AvgIpc) is 3.10. The van der Waals surface area contributed by atoms with Crippen LogP contribution >= 0.6 is 11.3 Å². The van der Waals surface area contributed by atoms with E-state index >= 15 is 0 Å². The number of carbonyl (C=O) groups is 1. The van der Waals surface area contributed by atoms with E-state index in [4.69, 9.17) is 4.74 Å². The van der Waals surface area contributed by atoms with Crippen LogP contribution in [0.15, 0.2) is 42.5 Å². The van der Waals surface area contributed by atoms with Crippen molar-refractivity contribution in [2.75, 3.05) is 44.5 Å². The van der Waals surface area contributed by atoms with Gasteiger partial charge in [0.25, 0.3) is 0 Å². The Kier molecular flexibility index (Phi) is 6.86. The van der Waals surface area contributed by atoms with Crippen molar-refractivity contribution >= 4 is 38.4 Å². The molecule has 0 fully saturated rings. The SMILES string of the molecule is COc1ccccc1NC(=O)N(CCN(C)C)c1nc2ccc(OC(F)(F)F)cc2s1. The van der Waals surface area contributed by atoms with Crippen molar-refractivity contribution in [2.24, 2.45) is 0 Å². The zero-order chi connectivity index (χ0) is 22.6. The number of likely N-dealkylation sites (N-methyl/N-ethyl adjacent to an activating group) is 1. The number of ether oxygens (including phenoxy) is 2. The highest BCUT2D eigenvalue weighted by atomic mass is 32.1. The number of hydrogen-bond acceptors (Lipinski definition) is 6. The monoisotopic (exact) mass is 454 g/mol. The van der Waals surface area contributed by atoms with Gasteiger partial charge in [-0.2, -0.15) is 0 Å². The Balaban J connectivity index is 1.90.